The van der Waals surface area contributed by atoms with Crippen LogP contribution in [0.1, 0.15) is 72.1 Å². The highest BCUT2D eigenvalue weighted by Crippen LogP contribution is 2.62. The lowest BCUT2D eigenvalue weighted by atomic mass is 9.71. The number of fused-ring (bicyclic) bond motifs is 2. The van der Waals surface area contributed by atoms with Gasteiger partial charge < -0.3 is 20.7 Å². The van der Waals surface area contributed by atoms with Gasteiger partial charge in [-0.15, -0.1) is 0 Å². The first kappa shape index (κ1) is 30.7. The second kappa shape index (κ2) is 13.5. The van der Waals surface area contributed by atoms with Crippen LogP contribution in [0.4, 0.5) is 13.2 Å². The zero-order chi connectivity index (χ0) is 27.9. The van der Waals surface area contributed by atoms with E-state index in [9.17, 15) is 27.6 Å². The minimum absolute atomic E-state index is 0.104. The third-order valence-corrected chi connectivity index (χ3v) is 8.43. The summed E-state index contributed by atoms with van der Waals surface area (Å²) < 4.78 is 48.0. The van der Waals surface area contributed by atoms with Gasteiger partial charge >= 0.3 is 6.18 Å². The van der Waals surface area contributed by atoms with Gasteiger partial charge in [-0.2, -0.15) is 13.2 Å². The molecule has 0 aromatic rings. The van der Waals surface area contributed by atoms with Gasteiger partial charge in [0.05, 0.1) is 13.2 Å². The molecule has 1 aliphatic heterocycles. The Kier molecular flexibility index (Phi) is 10.9. The van der Waals surface area contributed by atoms with Crippen molar-refractivity contribution in [2.24, 2.45) is 23.2 Å². The second-order valence-electron chi connectivity index (χ2n) is 11.6. The Hall–Kier alpha value is -1.88. The number of alkyl halides is 3. The SMILES string of the molecule is CC[C@H](NC(=O)C1(C(F)(F)F)CC2CCC1C2)C(=O)N[C@@H](CCCCN1CCOCC1)C(=O)NCC(C)C. The number of hydrogen-bond donors (Lipinski definition) is 3. The molecule has 2 bridgehead atoms. The van der Waals surface area contributed by atoms with E-state index in [2.05, 4.69) is 20.9 Å². The van der Waals surface area contributed by atoms with Crippen LogP contribution in [-0.2, 0) is 19.1 Å². The number of hydrogen-bond acceptors (Lipinski definition) is 5. The third kappa shape index (κ3) is 7.40. The van der Waals surface area contributed by atoms with Crippen molar-refractivity contribution in [2.45, 2.75) is 90.4 Å². The van der Waals surface area contributed by atoms with Crippen molar-refractivity contribution in [2.75, 3.05) is 39.4 Å². The summed E-state index contributed by atoms with van der Waals surface area (Å²) in [7, 11) is 0. The fourth-order valence-electron chi connectivity index (χ4n) is 6.20. The number of nitrogens with one attached hydrogen (secondary N) is 3. The molecule has 5 atom stereocenters. The van der Waals surface area contributed by atoms with E-state index in [1.165, 1.54) is 0 Å². The molecule has 3 rings (SSSR count). The molecule has 8 nitrogen and oxygen atoms in total. The highest BCUT2D eigenvalue weighted by atomic mass is 19.4. The summed E-state index contributed by atoms with van der Waals surface area (Å²) >= 11 is 0. The van der Waals surface area contributed by atoms with Crippen LogP contribution in [-0.4, -0.2) is 80.3 Å². The largest absolute Gasteiger partial charge is 0.403 e. The van der Waals surface area contributed by atoms with Crippen LogP contribution in [0.2, 0.25) is 0 Å². The lowest BCUT2D eigenvalue weighted by molar-refractivity contribution is -0.236. The average molecular weight is 547 g/mol. The summed E-state index contributed by atoms with van der Waals surface area (Å²) in [6, 6.07) is -1.97. The van der Waals surface area contributed by atoms with E-state index in [-0.39, 0.29) is 30.6 Å². The fourth-order valence-corrected chi connectivity index (χ4v) is 6.20. The van der Waals surface area contributed by atoms with Crippen LogP contribution in [0.3, 0.4) is 0 Å². The molecule has 3 unspecified atom stereocenters. The van der Waals surface area contributed by atoms with Crippen LogP contribution in [0, 0.1) is 23.2 Å². The number of carbonyl (C=O) groups is 3. The zero-order valence-electron chi connectivity index (χ0n) is 23.0. The summed E-state index contributed by atoms with van der Waals surface area (Å²) in [4.78, 5) is 41.5. The predicted octanol–water partition coefficient (Wildman–Crippen LogP) is 3.01. The maximum absolute atomic E-state index is 14.2. The molecule has 3 fully saturated rings. The van der Waals surface area contributed by atoms with Crippen molar-refractivity contribution in [3.8, 4) is 0 Å². The highest BCUT2D eigenvalue weighted by molar-refractivity contribution is 5.93. The minimum Gasteiger partial charge on any atom is -0.379 e. The van der Waals surface area contributed by atoms with E-state index in [1.807, 2.05) is 13.8 Å². The van der Waals surface area contributed by atoms with Crippen molar-refractivity contribution >= 4 is 17.7 Å². The second-order valence-corrected chi connectivity index (χ2v) is 11.6. The number of unbranched alkanes of at least 4 members (excludes halogenated alkanes) is 1. The first-order valence-electron chi connectivity index (χ1n) is 14.2. The quantitative estimate of drug-likeness (QED) is 0.309. The average Bonchev–Trinajstić information content (AvgIpc) is 3.50. The summed E-state index contributed by atoms with van der Waals surface area (Å²) in [5.74, 6) is -2.68. The van der Waals surface area contributed by atoms with Crippen LogP contribution >= 0.6 is 0 Å². The van der Waals surface area contributed by atoms with E-state index in [1.54, 1.807) is 6.92 Å². The maximum Gasteiger partial charge on any atom is 0.403 e. The van der Waals surface area contributed by atoms with Gasteiger partial charge in [-0.3, -0.25) is 19.3 Å². The molecule has 0 spiro atoms. The van der Waals surface area contributed by atoms with Crippen molar-refractivity contribution in [1.29, 1.82) is 0 Å². The van der Waals surface area contributed by atoms with Crippen molar-refractivity contribution in [3.63, 3.8) is 0 Å². The molecule has 218 valence electrons. The molecule has 38 heavy (non-hydrogen) atoms. The number of halogens is 3. The Morgan fingerprint density at radius 3 is 2.29 bits per heavy atom. The van der Waals surface area contributed by atoms with Gasteiger partial charge in [0.15, 0.2) is 0 Å². The van der Waals surface area contributed by atoms with Crippen molar-refractivity contribution < 1.29 is 32.3 Å². The van der Waals surface area contributed by atoms with Crippen LogP contribution in [0.25, 0.3) is 0 Å². The van der Waals surface area contributed by atoms with Gasteiger partial charge in [0.2, 0.25) is 17.7 Å². The molecule has 2 aliphatic carbocycles. The first-order chi connectivity index (χ1) is 18.0. The Labute approximate surface area is 224 Å². The molecule has 2 saturated carbocycles. The van der Waals surface area contributed by atoms with E-state index in [0.29, 0.717) is 51.9 Å². The smallest absolute Gasteiger partial charge is 0.379 e. The normalized spacial score (nSPS) is 27.2. The zero-order valence-corrected chi connectivity index (χ0v) is 23.0. The number of ether oxygens (including phenoxy) is 1. The standard InChI is InChI=1S/C27H45F3N4O4/c1-4-21(33-25(37)26(27(28,29)30)16-19-8-9-20(26)15-19)24(36)32-22(23(35)31-17-18(2)3)7-5-6-10-34-11-13-38-14-12-34/h18-22H,4-17H2,1-3H3,(H,31,35)(H,32,36)(H,33,37)/t19?,20?,21-,22-,26?/m0/s1. The lowest BCUT2D eigenvalue weighted by Gasteiger charge is -2.38. The van der Waals surface area contributed by atoms with E-state index in [4.69, 9.17) is 4.74 Å². The minimum atomic E-state index is -4.68. The first-order valence-corrected chi connectivity index (χ1v) is 14.2. The van der Waals surface area contributed by atoms with Gasteiger partial charge in [0, 0.05) is 19.6 Å². The lowest BCUT2D eigenvalue weighted by Crippen LogP contribution is -2.59. The summed E-state index contributed by atoms with van der Waals surface area (Å²) in [6.07, 6.45) is -1.33. The molecule has 1 saturated heterocycles. The molecule has 0 aromatic heterocycles. The van der Waals surface area contributed by atoms with E-state index < -0.39 is 41.4 Å². The molecule has 3 aliphatic rings. The van der Waals surface area contributed by atoms with Gasteiger partial charge in [-0.25, -0.2) is 0 Å². The third-order valence-electron chi connectivity index (χ3n) is 8.43. The molecule has 0 radical (unpaired) electrons. The Balaban J connectivity index is 1.61. The number of morpholine rings is 1. The molecule has 1 heterocycles. The fraction of sp³-hybridized carbons (Fsp3) is 0.889. The Bertz CT molecular complexity index is 819. The molecule has 3 N–H and O–H groups in total. The van der Waals surface area contributed by atoms with E-state index >= 15 is 0 Å². The monoisotopic (exact) mass is 546 g/mol. The van der Waals surface area contributed by atoms with Crippen LogP contribution < -0.4 is 16.0 Å². The van der Waals surface area contributed by atoms with Crippen LogP contribution in [0.15, 0.2) is 0 Å². The molecule has 11 heteroatoms. The molecular formula is C27H45F3N4O4. The summed E-state index contributed by atoms with van der Waals surface area (Å²) in [5.41, 5.74) is -2.43. The van der Waals surface area contributed by atoms with E-state index in [0.717, 1.165) is 26.1 Å². The van der Waals surface area contributed by atoms with Gasteiger partial charge in [-0.1, -0.05) is 27.2 Å². The van der Waals surface area contributed by atoms with Crippen molar-refractivity contribution in [3.05, 3.63) is 0 Å². The van der Waals surface area contributed by atoms with Crippen molar-refractivity contribution in [1.82, 2.24) is 20.9 Å². The predicted molar refractivity (Wildman–Crippen MR) is 137 cm³/mol. The number of amides is 3. The van der Waals surface area contributed by atoms with Gasteiger partial charge in [0.1, 0.15) is 17.5 Å². The van der Waals surface area contributed by atoms with Gasteiger partial charge in [0.25, 0.3) is 0 Å². The molecular weight excluding hydrogens is 501 g/mol. The number of rotatable bonds is 13. The van der Waals surface area contributed by atoms with Crippen LogP contribution in [0.5, 0.6) is 0 Å². The maximum atomic E-state index is 14.2. The summed E-state index contributed by atoms with van der Waals surface area (Å²) in [5, 5.41) is 8.00. The Morgan fingerprint density at radius 1 is 1.03 bits per heavy atom. The van der Waals surface area contributed by atoms with Gasteiger partial charge in [-0.05, 0) is 69.2 Å². The summed E-state index contributed by atoms with van der Waals surface area (Å²) in [6.45, 7) is 10.0. The molecule has 3 amide bonds. The Morgan fingerprint density at radius 2 is 1.74 bits per heavy atom. The topological polar surface area (TPSA) is 99.8 Å². The highest BCUT2D eigenvalue weighted by Gasteiger charge is 2.69. The number of nitrogens with zero attached hydrogens (tertiary/aromatic N) is 1. The number of carbonyl (C=O) groups excluding carboxylic acids is 3. The molecule has 0 aromatic carbocycles.